The minimum Gasteiger partial charge on any atom is -0.726 e. The Kier molecular flexibility index (Phi) is 17.9. The zero-order valence-electron chi connectivity index (χ0n) is 42.6. The first-order valence-electron chi connectivity index (χ1n) is 26.5. The van der Waals surface area contributed by atoms with E-state index in [0.29, 0.717) is 48.3 Å². The summed E-state index contributed by atoms with van der Waals surface area (Å²) in [6.07, 6.45) is 29.7. The predicted molar refractivity (Wildman–Crippen MR) is 261 cm³/mol. The summed E-state index contributed by atoms with van der Waals surface area (Å²) in [6.45, 7) is 24.5. The Balaban J connectivity index is 0.000000212. The molecule has 8 aliphatic carbocycles. The first-order chi connectivity index (χ1) is 29.9. The van der Waals surface area contributed by atoms with E-state index in [4.69, 9.17) is 8.37 Å². The van der Waals surface area contributed by atoms with Gasteiger partial charge >= 0.3 is 37.7 Å². The monoisotopic (exact) mass is 971 g/mol. The third-order valence-electron chi connectivity index (χ3n) is 21.0. The molecule has 0 heterocycles. The molecule has 0 radical (unpaired) electrons. The molecular weight excluding hydrogens is 881 g/mol. The number of fused-ring (bicyclic) bond motifs is 10. The van der Waals surface area contributed by atoms with Gasteiger partial charge in [-0.1, -0.05) is 131 Å². The molecular formula is C54H90CaO8S2. The maximum Gasteiger partial charge on any atom is 2.00 e. The van der Waals surface area contributed by atoms with Crippen LogP contribution in [0, 0.1) is 92.7 Å². The van der Waals surface area contributed by atoms with E-state index in [1.165, 1.54) is 101 Å². The van der Waals surface area contributed by atoms with Crippen molar-refractivity contribution in [1.82, 2.24) is 0 Å². The molecule has 0 aromatic heterocycles. The summed E-state index contributed by atoms with van der Waals surface area (Å²) in [5.41, 5.74) is 3.99. The number of hydrogen-bond donors (Lipinski definition) is 0. The van der Waals surface area contributed by atoms with Crippen molar-refractivity contribution in [3.63, 3.8) is 0 Å². The van der Waals surface area contributed by atoms with E-state index in [0.717, 1.165) is 84.9 Å². The molecule has 368 valence electrons. The molecule has 8 rings (SSSR count). The van der Waals surface area contributed by atoms with Gasteiger partial charge in [0.2, 0.25) is 20.8 Å². The fraction of sp³-hybridized carbons (Fsp3) is 0.926. The molecule has 0 aromatic carbocycles. The maximum absolute atomic E-state index is 11.1. The second-order valence-electron chi connectivity index (χ2n) is 25.3. The Morgan fingerprint density at radius 2 is 0.908 bits per heavy atom. The Morgan fingerprint density at radius 1 is 0.538 bits per heavy atom. The van der Waals surface area contributed by atoms with Crippen LogP contribution >= 0.6 is 0 Å². The molecule has 8 nitrogen and oxygen atoms in total. The Bertz CT molecular complexity index is 1780. The number of rotatable bonds is 14. The van der Waals surface area contributed by atoms with Gasteiger partial charge < -0.3 is 9.11 Å². The van der Waals surface area contributed by atoms with Gasteiger partial charge in [-0.05, 0) is 195 Å². The zero-order chi connectivity index (χ0) is 46.6. The fourth-order valence-corrected chi connectivity index (χ4v) is 18.8. The first kappa shape index (κ1) is 54.8. The molecule has 16 atom stereocenters. The minimum atomic E-state index is -4.63. The van der Waals surface area contributed by atoms with Gasteiger partial charge in [0.05, 0.1) is 12.2 Å². The van der Waals surface area contributed by atoms with E-state index in [2.05, 4.69) is 81.4 Å². The summed E-state index contributed by atoms with van der Waals surface area (Å²) in [7, 11) is -9.26. The quantitative estimate of drug-likeness (QED) is 0.0727. The topological polar surface area (TPSA) is 133 Å². The average molecular weight is 972 g/mol. The van der Waals surface area contributed by atoms with Crippen LogP contribution < -0.4 is 0 Å². The minimum absolute atomic E-state index is 0. The second kappa shape index (κ2) is 21.3. The molecule has 0 unspecified atom stereocenters. The van der Waals surface area contributed by atoms with Crippen LogP contribution in [0.1, 0.15) is 210 Å². The third-order valence-corrected chi connectivity index (χ3v) is 22.0. The molecule has 6 fully saturated rings. The van der Waals surface area contributed by atoms with Crippen molar-refractivity contribution in [1.29, 1.82) is 0 Å². The largest absolute Gasteiger partial charge is 2.00 e. The summed E-state index contributed by atoms with van der Waals surface area (Å²) in [6, 6.07) is 0. The van der Waals surface area contributed by atoms with Gasteiger partial charge in [0.15, 0.2) is 0 Å². The van der Waals surface area contributed by atoms with Gasteiger partial charge in [-0.2, -0.15) is 0 Å². The van der Waals surface area contributed by atoms with E-state index in [-0.39, 0.29) is 48.6 Å². The molecule has 0 spiro atoms. The van der Waals surface area contributed by atoms with Crippen LogP contribution in [-0.4, -0.2) is 75.9 Å². The maximum atomic E-state index is 11.1. The van der Waals surface area contributed by atoms with E-state index < -0.39 is 33.0 Å². The van der Waals surface area contributed by atoms with Gasteiger partial charge in [-0.25, -0.2) is 16.8 Å². The van der Waals surface area contributed by atoms with Gasteiger partial charge in [-0.3, -0.25) is 8.37 Å². The van der Waals surface area contributed by atoms with Crippen LogP contribution in [0.4, 0.5) is 0 Å². The normalized spacial score (nSPS) is 42.1. The molecule has 0 aliphatic heterocycles. The SMILES string of the molecule is CC(C)CCC[C@@H](C)[C@H]1CC[C@H]2[C@@H]3CC=C4C[C@@H](OS(=O)(=O)[O-])CC[C@]4(C)[C@H]3CC[C@]12C.CC(C)CCC[C@@H](C)[C@H]1CC[C@H]2[C@@H]3CC=C4C[C@@H](OS(=O)(=O)[O-])CC[C@]4(C)[C@H]3CC[C@]12C.[Ca+2]. The Labute approximate surface area is 428 Å². The van der Waals surface area contributed by atoms with Gasteiger partial charge in [-0.15, -0.1) is 0 Å². The zero-order valence-corrected chi connectivity index (χ0v) is 46.4. The Morgan fingerprint density at radius 3 is 1.25 bits per heavy atom. The van der Waals surface area contributed by atoms with E-state index in [1.54, 1.807) is 0 Å². The van der Waals surface area contributed by atoms with Crippen LogP contribution in [0.5, 0.6) is 0 Å². The van der Waals surface area contributed by atoms with Crippen molar-refractivity contribution >= 4 is 58.5 Å². The van der Waals surface area contributed by atoms with Crippen LogP contribution in [0.25, 0.3) is 0 Å². The van der Waals surface area contributed by atoms with Gasteiger partial charge in [0.25, 0.3) is 0 Å². The molecule has 65 heavy (non-hydrogen) atoms. The molecule has 0 bridgehead atoms. The molecule has 0 amide bonds. The van der Waals surface area contributed by atoms with E-state index in [1.807, 2.05) is 0 Å². The van der Waals surface area contributed by atoms with Crippen molar-refractivity contribution in [2.45, 2.75) is 223 Å². The van der Waals surface area contributed by atoms with Crippen molar-refractivity contribution < 1.29 is 34.3 Å². The third kappa shape index (κ3) is 11.7. The molecule has 0 saturated heterocycles. The van der Waals surface area contributed by atoms with Crippen molar-refractivity contribution in [2.75, 3.05) is 0 Å². The van der Waals surface area contributed by atoms with Crippen molar-refractivity contribution in [3.8, 4) is 0 Å². The van der Waals surface area contributed by atoms with Crippen LogP contribution in [-0.2, 0) is 29.2 Å². The fourth-order valence-electron chi connectivity index (χ4n) is 17.8. The molecule has 11 heteroatoms. The summed E-state index contributed by atoms with van der Waals surface area (Å²) in [5.74, 6) is 9.56. The molecule has 0 aromatic rings. The van der Waals surface area contributed by atoms with E-state index >= 15 is 0 Å². The van der Waals surface area contributed by atoms with Crippen molar-refractivity contribution in [3.05, 3.63) is 23.3 Å². The van der Waals surface area contributed by atoms with E-state index in [9.17, 15) is 25.9 Å². The van der Waals surface area contributed by atoms with Crippen LogP contribution in [0.2, 0.25) is 0 Å². The summed E-state index contributed by atoms with van der Waals surface area (Å²) in [5, 5.41) is 0. The average Bonchev–Trinajstić information content (AvgIpc) is 3.74. The Hall–Kier alpha value is 0.480. The van der Waals surface area contributed by atoms with Crippen LogP contribution in [0.15, 0.2) is 23.3 Å². The van der Waals surface area contributed by atoms with Crippen molar-refractivity contribution in [2.24, 2.45) is 92.7 Å². The standard InChI is InChI=1S/2C27H46O4S.Ca/c2*1-18(2)7-6-8-19(3)23-11-12-24-22-10-9-20-17-21(31-32(28,29)30)13-15-26(20,4)25(22)14-16-27(23,24)5;/h2*9,18-19,21-25H,6-8,10-17H2,1-5H3,(H,28,29,30);/q;;+2/p-2/t2*19-,21+,22+,23-,24+,25+,26+,27-;/m11./s1. The summed E-state index contributed by atoms with van der Waals surface area (Å²) in [4.78, 5) is 0. The number of hydrogen-bond acceptors (Lipinski definition) is 8. The predicted octanol–water partition coefficient (Wildman–Crippen LogP) is 13.4. The molecule has 0 N–H and O–H groups in total. The van der Waals surface area contributed by atoms with Gasteiger partial charge in [0, 0.05) is 0 Å². The number of allylic oxidation sites excluding steroid dienone is 2. The summed E-state index contributed by atoms with van der Waals surface area (Å²) < 4.78 is 76.4. The summed E-state index contributed by atoms with van der Waals surface area (Å²) >= 11 is 0. The smallest absolute Gasteiger partial charge is 0.726 e. The van der Waals surface area contributed by atoms with Crippen LogP contribution in [0.3, 0.4) is 0 Å². The molecule has 8 aliphatic rings. The van der Waals surface area contributed by atoms with Gasteiger partial charge in [0.1, 0.15) is 0 Å². The second-order valence-corrected chi connectivity index (χ2v) is 27.3. The first-order valence-corrected chi connectivity index (χ1v) is 29.2. The molecule has 6 saturated carbocycles.